The Hall–Kier alpha value is -3.16. The number of rotatable bonds is 4. The largest absolute Gasteiger partial charge is 0.497 e. The average molecular weight is 355 g/mol. The summed E-state index contributed by atoms with van der Waals surface area (Å²) in [6.45, 7) is 4.30. The van der Waals surface area contributed by atoms with Crippen LogP contribution >= 0.6 is 0 Å². The van der Waals surface area contributed by atoms with Crippen LogP contribution in [0, 0.1) is 0 Å². The van der Waals surface area contributed by atoms with Crippen molar-refractivity contribution in [2.75, 3.05) is 43.5 Å². The molecule has 0 spiro atoms. The van der Waals surface area contributed by atoms with Crippen molar-refractivity contribution in [3.05, 3.63) is 42.4 Å². The maximum atomic E-state index is 12.3. The zero-order chi connectivity index (χ0) is 18.5. The molecule has 0 radical (unpaired) electrons. The molecule has 1 N–H and O–H groups in total. The zero-order valence-electron chi connectivity index (χ0n) is 14.8. The van der Waals surface area contributed by atoms with Crippen LogP contribution in [-0.4, -0.2) is 60.0 Å². The molecule has 1 saturated heterocycles. The lowest BCUT2D eigenvalue weighted by Gasteiger charge is -2.34. The summed E-state index contributed by atoms with van der Waals surface area (Å²) in [4.78, 5) is 36.1. The first-order valence-electron chi connectivity index (χ1n) is 8.35. The Labute approximate surface area is 151 Å². The molecule has 0 unspecified atom stereocenters. The van der Waals surface area contributed by atoms with E-state index >= 15 is 0 Å². The Bertz CT molecular complexity index is 768. The summed E-state index contributed by atoms with van der Waals surface area (Å²) in [6, 6.07) is 7.05. The summed E-state index contributed by atoms with van der Waals surface area (Å²) >= 11 is 0. The van der Waals surface area contributed by atoms with E-state index < -0.39 is 0 Å². The highest BCUT2D eigenvalue weighted by molar-refractivity contribution is 6.02. The van der Waals surface area contributed by atoms with Crippen LogP contribution in [0.2, 0.25) is 0 Å². The highest BCUT2D eigenvalue weighted by atomic mass is 16.5. The van der Waals surface area contributed by atoms with E-state index in [1.165, 1.54) is 6.20 Å². The van der Waals surface area contributed by atoms with Crippen molar-refractivity contribution in [2.24, 2.45) is 0 Å². The number of methoxy groups -OCH3 is 1. The standard InChI is InChI=1S/C18H21N5O3/c1-13(24)22-7-9-23(10-8-22)17-12-19-16(11-20-17)18(25)21-14-3-5-15(26-2)6-4-14/h3-6,11-12H,7-10H2,1-2H3,(H,21,25). The second-order valence-electron chi connectivity index (χ2n) is 5.94. The summed E-state index contributed by atoms with van der Waals surface area (Å²) in [5.74, 6) is 1.18. The van der Waals surface area contributed by atoms with Gasteiger partial charge in [-0.25, -0.2) is 9.97 Å². The third-order valence-corrected chi connectivity index (χ3v) is 4.27. The topological polar surface area (TPSA) is 87.7 Å². The first-order chi connectivity index (χ1) is 12.6. The summed E-state index contributed by atoms with van der Waals surface area (Å²) in [6.07, 6.45) is 3.05. The Balaban J connectivity index is 1.60. The van der Waals surface area contributed by atoms with Gasteiger partial charge >= 0.3 is 0 Å². The van der Waals surface area contributed by atoms with Crippen molar-refractivity contribution >= 4 is 23.3 Å². The number of amides is 2. The first-order valence-corrected chi connectivity index (χ1v) is 8.35. The van der Waals surface area contributed by atoms with E-state index in [-0.39, 0.29) is 17.5 Å². The van der Waals surface area contributed by atoms with Gasteiger partial charge in [0.05, 0.1) is 19.5 Å². The summed E-state index contributed by atoms with van der Waals surface area (Å²) in [5.41, 5.74) is 0.897. The maximum absolute atomic E-state index is 12.3. The summed E-state index contributed by atoms with van der Waals surface area (Å²) in [5, 5.41) is 2.77. The van der Waals surface area contributed by atoms with Gasteiger partial charge in [-0.1, -0.05) is 0 Å². The number of hydrogen-bond donors (Lipinski definition) is 1. The number of hydrogen-bond acceptors (Lipinski definition) is 6. The zero-order valence-corrected chi connectivity index (χ0v) is 14.8. The smallest absolute Gasteiger partial charge is 0.275 e. The molecule has 3 rings (SSSR count). The molecule has 0 saturated carbocycles. The number of nitrogens with zero attached hydrogens (tertiary/aromatic N) is 4. The van der Waals surface area contributed by atoms with Gasteiger partial charge in [-0.2, -0.15) is 0 Å². The van der Waals surface area contributed by atoms with Crippen LogP contribution in [0.1, 0.15) is 17.4 Å². The lowest BCUT2D eigenvalue weighted by atomic mass is 10.3. The number of benzene rings is 1. The molecule has 1 aliphatic heterocycles. The molecule has 2 heterocycles. The molecule has 1 aromatic heterocycles. The number of carbonyl (C=O) groups excluding carboxylic acids is 2. The Morgan fingerprint density at radius 2 is 1.73 bits per heavy atom. The molecular weight excluding hydrogens is 334 g/mol. The fraction of sp³-hybridized carbons (Fsp3) is 0.333. The van der Waals surface area contributed by atoms with Gasteiger partial charge in [0, 0.05) is 38.8 Å². The summed E-state index contributed by atoms with van der Waals surface area (Å²) in [7, 11) is 1.59. The molecular formula is C18H21N5O3. The van der Waals surface area contributed by atoms with Crippen molar-refractivity contribution in [2.45, 2.75) is 6.92 Å². The molecule has 2 amide bonds. The van der Waals surface area contributed by atoms with Crippen molar-refractivity contribution < 1.29 is 14.3 Å². The molecule has 1 aliphatic rings. The van der Waals surface area contributed by atoms with Crippen LogP contribution in [0.4, 0.5) is 11.5 Å². The van der Waals surface area contributed by atoms with Gasteiger partial charge in [-0.15, -0.1) is 0 Å². The molecule has 0 atom stereocenters. The minimum atomic E-state index is -0.324. The molecule has 8 nitrogen and oxygen atoms in total. The van der Waals surface area contributed by atoms with E-state index in [1.807, 2.05) is 0 Å². The van der Waals surface area contributed by atoms with E-state index in [4.69, 9.17) is 4.74 Å². The van der Waals surface area contributed by atoms with Gasteiger partial charge in [0.1, 0.15) is 17.3 Å². The van der Waals surface area contributed by atoms with E-state index in [0.717, 1.165) is 5.75 Å². The number of piperazine rings is 1. The maximum Gasteiger partial charge on any atom is 0.275 e. The van der Waals surface area contributed by atoms with Crippen LogP contribution < -0.4 is 15.0 Å². The highest BCUT2D eigenvalue weighted by Crippen LogP contribution is 2.16. The molecule has 0 aliphatic carbocycles. The molecule has 1 aromatic carbocycles. The Morgan fingerprint density at radius 1 is 1.04 bits per heavy atom. The van der Waals surface area contributed by atoms with E-state index in [9.17, 15) is 9.59 Å². The van der Waals surface area contributed by atoms with E-state index in [0.29, 0.717) is 37.7 Å². The van der Waals surface area contributed by atoms with Gasteiger partial charge in [0.15, 0.2) is 0 Å². The van der Waals surface area contributed by atoms with Gasteiger partial charge in [0.2, 0.25) is 5.91 Å². The van der Waals surface area contributed by atoms with Gasteiger partial charge in [-0.05, 0) is 24.3 Å². The predicted molar refractivity (Wildman–Crippen MR) is 97.4 cm³/mol. The first kappa shape index (κ1) is 17.7. The number of ether oxygens (including phenoxy) is 1. The molecule has 1 fully saturated rings. The second-order valence-corrected chi connectivity index (χ2v) is 5.94. The third kappa shape index (κ3) is 4.08. The number of nitrogens with one attached hydrogen (secondary N) is 1. The third-order valence-electron chi connectivity index (χ3n) is 4.27. The van der Waals surface area contributed by atoms with Crippen LogP contribution in [-0.2, 0) is 4.79 Å². The van der Waals surface area contributed by atoms with Crippen molar-refractivity contribution in [1.82, 2.24) is 14.9 Å². The lowest BCUT2D eigenvalue weighted by Crippen LogP contribution is -2.48. The predicted octanol–water partition coefficient (Wildman–Crippen LogP) is 1.41. The van der Waals surface area contributed by atoms with Gasteiger partial charge in [-0.3, -0.25) is 9.59 Å². The Morgan fingerprint density at radius 3 is 2.27 bits per heavy atom. The number of anilines is 2. The molecule has 8 heteroatoms. The number of aromatic nitrogens is 2. The lowest BCUT2D eigenvalue weighted by molar-refractivity contribution is -0.129. The van der Waals surface area contributed by atoms with Crippen molar-refractivity contribution in [1.29, 1.82) is 0 Å². The minimum absolute atomic E-state index is 0.0845. The molecule has 26 heavy (non-hydrogen) atoms. The summed E-state index contributed by atoms with van der Waals surface area (Å²) < 4.78 is 5.09. The normalized spacial score (nSPS) is 14.1. The fourth-order valence-electron chi connectivity index (χ4n) is 2.72. The van der Waals surface area contributed by atoms with Crippen molar-refractivity contribution in [3.63, 3.8) is 0 Å². The monoisotopic (exact) mass is 355 g/mol. The quantitative estimate of drug-likeness (QED) is 0.892. The highest BCUT2D eigenvalue weighted by Gasteiger charge is 2.20. The average Bonchev–Trinajstić information content (AvgIpc) is 2.69. The molecule has 136 valence electrons. The van der Waals surface area contributed by atoms with Crippen LogP contribution in [0.5, 0.6) is 5.75 Å². The minimum Gasteiger partial charge on any atom is -0.497 e. The Kier molecular flexibility index (Phi) is 5.31. The van der Waals surface area contributed by atoms with Gasteiger partial charge < -0.3 is 19.9 Å². The molecule has 2 aromatic rings. The SMILES string of the molecule is COc1ccc(NC(=O)c2cnc(N3CCN(C(C)=O)CC3)cn2)cc1. The van der Waals surface area contributed by atoms with Crippen LogP contribution in [0.25, 0.3) is 0 Å². The van der Waals surface area contributed by atoms with Crippen LogP contribution in [0.15, 0.2) is 36.7 Å². The van der Waals surface area contributed by atoms with Crippen molar-refractivity contribution in [3.8, 4) is 5.75 Å². The van der Waals surface area contributed by atoms with E-state index in [2.05, 4.69) is 20.2 Å². The second kappa shape index (κ2) is 7.81. The van der Waals surface area contributed by atoms with Crippen LogP contribution in [0.3, 0.4) is 0 Å². The van der Waals surface area contributed by atoms with Gasteiger partial charge in [0.25, 0.3) is 5.91 Å². The molecule has 0 bridgehead atoms. The number of carbonyl (C=O) groups is 2. The van der Waals surface area contributed by atoms with E-state index in [1.54, 1.807) is 49.4 Å². The fourth-order valence-corrected chi connectivity index (χ4v) is 2.72.